The van der Waals surface area contributed by atoms with Crippen LogP contribution < -0.4 is 5.32 Å². The van der Waals surface area contributed by atoms with E-state index in [9.17, 15) is 9.18 Å². The summed E-state index contributed by atoms with van der Waals surface area (Å²) in [6.07, 6.45) is 4.76. The van der Waals surface area contributed by atoms with Crippen LogP contribution in [0.5, 0.6) is 0 Å². The van der Waals surface area contributed by atoms with Crippen molar-refractivity contribution in [1.82, 2.24) is 15.1 Å². The average molecular weight is 363 g/mol. The molecule has 0 saturated carbocycles. The van der Waals surface area contributed by atoms with Gasteiger partial charge in [0.15, 0.2) is 0 Å². The molecule has 0 radical (unpaired) electrons. The van der Waals surface area contributed by atoms with E-state index in [1.54, 1.807) is 18.2 Å². The summed E-state index contributed by atoms with van der Waals surface area (Å²) in [6.45, 7) is 0.728. The van der Waals surface area contributed by atoms with Crippen LogP contribution in [0, 0.1) is 5.82 Å². The molecule has 1 aliphatic rings. The maximum atomic E-state index is 13.8. The van der Waals surface area contributed by atoms with E-state index < -0.39 is 0 Å². The smallest absolute Gasteiger partial charge is 0.225 e. The zero-order valence-corrected chi connectivity index (χ0v) is 15.1. The maximum Gasteiger partial charge on any atom is 0.225 e. The number of carbonyl (C=O) groups is 1. The van der Waals surface area contributed by atoms with Crippen molar-refractivity contribution in [1.29, 1.82) is 0 Å². The molecule has 0 spiro atoms. The summed E-state index contributed by atoms with van der Waals surface area (Å²) in [5, 5.41) is 7.62. The summed E-state index contributed by atoms with van der Waals surface area (Å²) in [4.78, 5) is 12.4. The van der Waals surface area contributed by atoms with E-state index in [4.69, 9.17) is 0 Å². The number of hydrogen-bond donors (Lipinski definition) is 1. The third kappa shape index (κ3) is 3.92. The van der Waals surface area contributed by atoms with Crippen LogP contribution in [0.2, 0.25) is 0 Å². The summed E-state index contributed by atoms with van der Waals surface area (Å²) in [6, 6.07) is 16.6. The fourth-order valence-electron chi connectivity index (χ4n) is 3.72. The minimum atomic E-state index is -0.340. The molecule has 1 amide bonds. The largest absolute Gasteiger partial charge is 0.349 e. The van der Waals surface area contributed by atoms with Gasteiger partial charge in [0.05, 0.1) is 25.2 Å². The van der Waals surface area contributed by atoms with Gasteiger partial charge in [-0.3, -0.25) is 9.48 Å². The van der Waals surface area contributed by atoms with Crippen molar-refractivity contribution in [3.8, 4) is 0 Å². The van der Waals surface area contributed by atoms with Crippen molar-refractivity contribution >= 4 is 5.91 Å². The number of hydrogen-bond acceptors (Lipinski definition) is 2. The van der Waals surface area contributed by atoms with Gasteiger partial charge in [-0.1, -0.05) is 48.5 Å². The van der Waals surface area contributed by atoms with E-state index in [-0.39, 0.29) is 24.2 Å². The Balaban J connectivity index is 1.47. The fourth-order valence-corrected chi connectivity index (χ4v) is 3.72. The normalized spacial score (nSPS) is 16.0. The molecule has 0 aliphatic heterocycles. The first-order valence-electron chi connectivity index (χ1n) is 9.32. The molecule has 1 heterocycles. The molecule has 3 aromatic rings. The summed E-state index contributed by atoms with van der Waals surface area (Å²) < 4.78 is 15.8. The lowest BCUT2D eigenvalue weighted by Crippen LogP contribution is -2.32. The van der Waals surface area contributed by atoms with Gasteiger partial charge in [-0.15, -0.1) is 0 Å². The van der Waals surface area contributed by atoms with Crippen LogP contribution in [0.3, 0.4) is 0 Å². The Bertz CT molecular complexity index is 936. The topological polar surface area (TPSA) is 46.9 Å². The molecule has 4 nitrogen and oxygen atoms in total. The lowest BCUT2D eigenvalue weighted by atomic mass is 9.92. The Morgan fingerprint density at radius 2 is 1.93 bits per heavy atom. The van der Waals surface area contributed by atoms with Gasteiger partial charge in [-0.05, 0) is 36.5 Å². The van der Waals surface area contributed by atoms with E-state index in [1.807, 2.05) is 29.1 Å². The van der Waals surface area contributed by atoms with Gasteiger partial charge >= 0.3 is 0 Å². The number of rotatable bonds is 5. The van der Waals surface area contributed by atoms with E-state index in [0.717, 1.165) is 31.4 Å². The lowest BCUT2D eigenvalue weighted by molar-refractivity contribution is -0.121. The molecular formula is C22H22FN3O. The van der Waals surface area contributed by atoms with Crippen LogP contribution in [0.15, 0.2) is 60.8 Å². The molecule has 5 heteroatoms. The third-order valence-electron chi connectivity index (χ3n) is 5.08. The molecule has 0 fully saturated rings. The zero-order chi connectivity index (χ0) is 18.6. The second-order valence-electron chi connectivity index (χ2n) is 6.97. The molecule has 4 rings (SSSR count). The highest BCUT2D eigenvalue weighted by molar-refractivity contribution is 5.79. The lowest BCUT2D eigenvalue weighted by Gasteiger charge is -2.24. The molecule has 0 bridgehead atoms. The number of nitrogens with one attached hydrogen (secondary N) is 1. The molecule has 27 heavy (non-hydrogen) atoms. The monoisotopic (exact) mass is 363 g/mol. The van der Waals surface area contributed by atoms with Crippen LogP contribution in [-0.4, -0.2) is 15.7 Å². The summed E-state index contributed by atoms with van der Waals surface area (Å²) in [5.41, 5.74) is 3.89. The number of benzene rings is 2. The number of aromatic nitrogens is 2. The number of amides is 1. The van der Waals surface area contributed by atoms with Gasteiger partial charge in [-0.25, -0.2) is 4.39 Å². The minimum Gasteiger partial charge on any atom is -0.349 e. The Kier molecular flexibility index (Phi) is 5.01. The second kappa shape index (κ2) is 7.74. The van der Waals surface area contributed by atoms with Gasteiger partial charge in [-0.2, -0.15) is 5.10 Å². The van der Waals surface area contributed by atoms with Crippen LogP contribution >= 0.6 is 0 Å². The quantitative estimate of drug-likeness (QED) is 0.749. The van der Waals surface area contributed by atoms with E-state index >= 15 is 0 Å². The highest BCUT2D eigenvalue weighted by Crippen LogP contribution is 2.30. The Morgan fingerprint density at radius 3 is 2.74 bits per heavy atom. The van der Waals surface area contributed by atoms with Crippen LogP contribution in [0.1, 0.15) is 41.3 Å². The van der Waals surface area contributed by atoms with Gasteiger partial charge in [0.25, 0.3) is 0 Å². The number of nitrogens with zero attached hydrogens (tertiary/aromatic N) is 2. The highest BCUT2D eigenvalue weighted by atomic mass is 19.1. The predicted octanol–water partition coefficient (Wildman–Crippen LogP) is 3.81. The molecule has 2 aromatic carbocycles. The zero-order valence-electron chi connectivity index (χ0n) is 15.1. The van der Waals surface area contributed by atoms with Gasteiger partial charge < -0.3 is 5.32 Å². The summed E-state index contributed by atoms with van der Waals surface area (Å²) in [5.74, 6) is -0.499. The molecular weight excluding hydrogens is 341 g/mol. The van der Waals surface area contributed by atoms with Gasteiger partial charge in [0.1, 0.15) is 5.82 Å². The van der Waals surface area contributed by atoms with Crippen LogP contribution in [-0.2, 0) is 24.2 Å². The maximum absolute atomic E-state index is 13.8. The van der Waals surface area contributed by atoms with Gasteiger partial charge in [0, 0.05) is 11.3 Å². The molecule has 0 unspecified atom stereocenters. The van der Waals surface area contributed by atoms with E-state index in [2.05, 4.69) is 22.5 Å². The van der Waals surface area contributed by atoms with Crippen LogP contribution in [0.25, 0.3) is 0 Å². The van der Waals surface area contributed by atoms with Crippen molar-refractivity contribution in [3.05, 3.63) is 89.0 Å². The van der Waals surface area contributed by atoms with Crippen LogP contribution in [0.4, 0.5) is 4.39 Å². The fraction of sp³-hybridized carbons (Fsp3) is 0.273. The second-order valence-corrected chi connectivity index (χ2v) is 6.97. The average Bonchev–Trinajstić information content (AvgIpc) is 3.08. The van der Waals surface area contributed by atoms with E-state index in [0.29, 0.717) is 5.56 Å². The minimum absolute atomic E-state index is 0.0522. The SMILES string of the molecule is O=C(Cc1ccccc1F)N[C@H]1CCCc2c1cnn2Cc1ccccc1. The van der Waals surface area contributed by atoms with Crippen molar-refractivity contribution < 1.29 is 9.18 Å². The molecule has 1 N–H and O–H groups in total. The molecule has 0 saturated heterocycles. The van der Waals surface area contributed by atoms with E-state index in [1.165, 1.54) is 17.3 Å². The Morgan fingerprint density at radius 1 is 1.15 bits per heavy atom. The number of halogens is 1. The van der Waals surface area contributed by atoms with Crippen molar-refractivity contribution in [2.24, 2.45) is 0 Å². The standard InChI is InChI=1S/C22H22FN3O/c23-19-10-5-4-9-17(19)13-22(27)25-20-11-6-12-21-18(20)14-24-26(21)15-16-7-2-1-3-8-16/h1-5,7-10,14,20H,6,11-13,15H2,(H,25,27)/t20-/m0/s1. The van der Waals surface area contributed by atoms with Gasteiger partial charge in [0.2, 0.25) is 5.91 Å². The first kappa shape index (κ1) is 17.5. The molecule has 138 valence electrons. The first-order valence-corrected chi connectivity index (χ1v) is 9.32. The highest BCUT2D eigenvalue weighted by Gasteiger charge is 2.25. The molecule has 1 atom stereocenters. The van der Waals surface area contributed by atoms with Crippen molar-refractivity contribution in [2.45, 2.75) is 38.3 Å². The van der Waals surface area contributed by atoms with Crippen molar-refractivity contribution in [3.63, 3.8) is 0 Å². The Labute approximate surface area is 158 Å². The Hall–Kier alpha value is -2.95. The third-order valence-corrected chi connectivity index (χ3v) is 5.08. The summed E-state index contributed by atoms with van der Waals surface area (Å²) >= 11 is 0. The summed E-state index contributed by atoms with van der Waals surface area (Å²) in [7, 11) is 0. The number of carbonyl (C=O) groups excluding carboxylic acids is 1. The molecule has 1 aliphatic carbocycles. The first-order chi connectivity index (χ1) is 13.2. The number of fused-ring (bicyclic) bond motifs is 1. The molecule has 1 aromatic heterocycles. The van der Waals surface area contributed by atoms with Crippen molar-refractivity contribution in [2.75, 3.05) is 0 Å². The predicted molar refractivity (Wildman–Crippen MR) is 102 cm³/mol.